The maximum atomic E-state index is 13.3. The molecule has 0 fully saturated rings. The van der Waals surface area contributed by atoms with Crippen molar-refractivity contribution in [3.8, 4) is 11.4 Å². The van der Waals surface area contributed by atoms with Gasteiger partial charge in [-0.15, -0.1) is 0 Å². The Morgan fingerprint density at radius 3 is 2.70 bits per heavy atom. The predicted molar refractivity (Wildman–Crippen MR) is 106 cm³/mol. The Hall–Kier alpha value is -3.52. The Labute approximate surface area is 175 Å². The van der Waals surface area contributed by atoms with Crippen molar-refractivity contribution >= 4 is 17.5 Å². The van der Waals surface area contributed by atoms with Gasteiger partial charge < -0.3 is 14.4 Å². The monoisotopic (exact) mass is 423 g/mol. The third-order valence-electron chi connectivity index (χ3n) is 5.08. The second kappa shape index (κ2) is 7.38. The second-order valence-electron chi connectivity index (χ2n) is 6.95. The van der Waals surface area contributed by atoms with Gasteiger partial charge in [0.1, 0.15) is 11.9 Å². The van der Waals surface area contributed by atoms with Crippen LogP contribution in [0.25, 0.3) is 11.4 Å². The Morgan fingerprint density at radius 1 is 1.17 bits per heavy atom. The van der Waals surface area contributed by atoms with Crippen molar-refractivity contribution in [2.24, 2.45) is 0 Å². The van der Waals surface area contributed by atoms with E-state index in [-0.39, 0.29) is 5.91 Å². The van der Waals surface area contributed by atoms with Crippen molar-refractivity contribution < 1.29 is 13.7 Å². The van der Waals surface area contributed by atoms with Gasteiger partial charge in [0, 0.05) is 22.6 Å². The first-order chi connectivity index (χ1) is 14.6. The summed E-state index contributed by atoms with van der Waals surface area (Å²) in [7, 11) is 0. The molecule has 1 amide bonds. The summed E-state index contributed by atoms with van der Waals surface area (Å²) < 4.78 is 18.8. The summed E-state index contributed by atoms with van der Waals surface area (Å²) in [5, 5.41) is 4.68. The van der Waals surface area contributed by atoms with E-state index in [0.29, 0.717) is 35.3 Å². The van der Waals surface area contributed by atoms with E-state index in [1.165, 1.54) is 24.3 Å². The van der Waals surface area contributed by atoms with Gasteiger partial charge in [-0.05, 0) is 48.5 Å². The zero-order valence-electron chi connectivity index (χ0n) is 15.5. The lowest BCUT2D eigenvalue weighted by molar-refractivity contribution is 0.0589. The third kappa shape index (κ3) is 3.35. The molecule has 1 N–H and O–H groups in total. The smallest absolute Gasteiger partial charge is 0.254 e. The number of hydrogen-bond donors (Lipinski definition) is 1. The molecule has 5 rings (SSSR count). The molecule has 1 atom stereocenters. The molecule has 2 aromatic carbocycles. The molecule has 7 nitrogen and oxygen atoms in total. The van der Waals surface area contributed by atoms with Crippen molar-refractivity contribution in [3.63, 3.8) is 0 Å². The number of carbonyl (C=O) groups excluding carboxylic acids is 1. The summed E-state index contributed by atoms with van der Waals surface area (Å²) >= 11 is 5.94. The van der Waals surface area contributed by atoms with Crippen molar-refractivity contribution in [1.82, 2.24) is 25.0 Å². The van der Waals surface area contributed by atoms with Crippen molar-refractivity contribution in [2.75, 3.05) is 0 Å². The first-order valence-corrected chi connectivity index (χ1v) is 9.63. The minimum atomic E-state index is -0.494. The van der Waals surface area contributed by atoms with Crippen molar-refractivity contribution in [1.29, 1.82) is 0 Å². The summed E-state index contributed by atoms with van der Waals surface area (Å²) in [5.41, 5.74) is 2.82. The molecule has 0 radical (unpaired) electrons. The van der Waals surface area contributed by atoms with E-state index in [0.717, 1.165) is 17.0 Å². The van der Waals surface area contributed by atoms with Crippen LogP contribution in [-0.2, 0) is 13.0 Å². The molecule has 0 saturated heterocycles. The molecule has 2 aromatic heterocycles. The number of rotatable bonds is 3. The molecule has 1 aliphatic heterocycles. The maximum absolute atomic E-state index is 13.3. The molecular formula is C21H15ClFN5O2. The highest BCUT2D eigenvalue weighted by molar-refractivity contribution is 6.30. The number of fused-ring (bicyclic) bond motifs is 1. The molecule has 1 aliphatic rings. The molecule has 0 saturated carbocycles. The Bertz CT molecular complexity index is 1200. The highest BCUT2D eigenvalue weighted by atomic mass is 35.5. The van der Waals surface area contributed by atoms with Crippen LogP contribution in [-0.4, -0.2) is 30.9 Å². The van der Waals surface area contributed by atoms with Crippen LogP contribution in [0.2, 0.25) is 5.02 Å². The number of benzene rings is 2. The van der Waals surface area contributed by atoms with E-state index >= 15 is 0 Å². The molecule has 9 heteroatoms. The van der Waals surface area contributed by atoms with Gasteiger partial charge in [-0.1, -0.05) is 16.8 Å². The van der Waals surface area contributed by atoms with Gasteiger partial charge in [0.2, 0.25) is 11.7 Å². The Kier molecular flexibility index (Phi) is 4.55. The molecule has 150 valence electrons. The number of carbonyl (C=O) groups is 1. The van der Waals surface area contributed by atoms with Crippen LogP contribution in [0.4, 0.5) is 4.39 Å². The zero-order valence-corrected chi connectivity index (χ0v) is 16.3. The summed E-state index contributed by atoms with van der Waals surface area (Å²) in [4.78, 5) is 26.8. The first-order valence-electron chi connectivity index (χ1n) is 9.25. The normalized spacial score (nSPS) is 15.8. The number of nitrogens with one attached hydrogen (secondary N) is 1. The zero-order chi connectivity index (χ0) is 20.7. The number of amides is 1. The van der Waals surface area contributed by atoms with E-state index in [2.05, 4.69) is 20.1 Å². The average Bonchev–Trinajstić information content (AvgIpc) is 3.42. The highest BCUT2D eigenvalue weighted by Crippen LogP contribution is 2.33. The van der Waals surface area contributed by atoms with E-state index < -0.39 is 11.9 Å². The minimum Gasteiger partial charge on any atom is -0.347 e. The molecular weight excluding hydrogens is 409 g/mol. The Morgan fingerprint density at radius 2 is 1.93 bits per heavy atom. The predicted octanol–water partition coefficient (Wildman–Crippen LogP) is 4.19. The van der Waals surface area contributed by atoms with Gasteiger partial charge in [0.05, 0.1) is 24.3 Å². The molecule has 3 heterocycles. The lowest BCUT2D eigenvalue weighted by Crippen LogP contribution is -2.39. The fourth-order valence-electron chi connectivity index (χ4n) is 3.52. The van der Waals surface area contributed by atoms with E-state index in [9.17, 15) is 9.18 Å². The number of aromatic nitrogens is 4. The SMILES string of the molecule is O=C(c1ccc(F)cc1)N1Cc2[nH]cnc2C[C@H]1c1nc(-c2ccc(Cl)cc2)no1. The van der Waals surface area contributed by atoms with Gasteiger partial charge in [-0.25, -0.2) is 9.37 Å². The summed E-state index contributed by atoms with van der Waals surface area (Å²) in [6.07, 6.45) is 2.02. The van der Waals surface area contributed by atoms with Crippen LogP contribution in [0.15, 0.2) is 59.4 Å². The molecule has 0 bridgehead atoms. The molecule has 0 unspecified atom stereocenters. The number of aromatic amines is 1. The van der Waals surface area contributed by atoms with Crippen LogP contribution in [0, 0.1) is 5.82 Å². The summed E-state index contributed by atoms with van der Waals surface area (Å²) in [6, 6.07) is 12.0. The van der Waals surface area contributed by atoms with Crippen LogP contribution >= 0.6 is 11.6 Å². The van der Waals surface area contributed by atoms with Crippen LogP contribution in [0.1, 0.15) is 33.7 Å². The number of hydrogen-bond acceptors (Lipinski definition) is 5. The third-order valence-corrected chi connectivity index (χ3v) is 5.33. The molecule has 0 aliphatic carbocycles. The number of H-pyrrole nitrogens is 1. The maximum Gasteiger partial charge on any atom is 0.254 e. The average molecular weight is 424 g/mol. The van der Waals surface area contributed by atoms with Crippen molar-refractivity contribution in [2.45, 2.75) is 19.0 Å². The van der Waals surface area contributed by atoms with E-state index in [1.807, 2.05) is 0 Å². The fraction of sp³-hybridized carbons (Fsp3) is 0.143. The minimum absolute atomic E-state index is 0.258. The second-order valence-corrected chi connectivity index (χ2v) is 7.39. The fourth-order valence-corrected chi connectivity index (χ4v) is 3.64. The first kappa shape index (κ1) is 18.5. The van der Waals surface area contributed by atoms with Crippen LogP contribution < -0.4 is 0 Å². The lowest BCUT2D eigenvalue weighted by atomic mass is 10.0. The van der Waals surface area contributed by atoms with Gasteiger partial charge in [0.25, 0.3) is 5.91 Å². The number of halogens is 2. The largest absolute Gasteiger partial charge is 0.347 e. The van der Waals surface area contributed by atoms with Gasteiger partial charge in [-0.3, -0.25) is 4.79 Å². The van der Waals surface area contributed by atoms with E-state index in [1.54, 1.807) is 35.5 Å². The molecule has 30 heavy (non-hydrogen) atoms. The lowest BCUT2D eigenvalue weighted by Gasteiger charge is -2.32. The highest BCUT2D eigenvalue weighted by Gasteiger charge is 2.36. The van der Waals surface area contributed by atoms with Crippen molar-refractivity contribution in [3.05, 3.63) is 88.5 Å². The molecule has 0 spiro atoms. The Balaban J connectivity index is 1.50. The summed E-state index contributed by atoms with van der Waals surface area (Å²) in [6.45, 7) is 0.300. The number of imidazole rings is 1. The van der Waals surface area contributed by atoms with E-state index in [4.69, 9.17) is 16.1 Å². The number of nitrogens with zero attached hydrogens (tertiary/aromatic N) is 4. The molecule has 4 aromatic rings. The van der Waals surface area contributed by atoms with Crippen LogP contribution in [0.3, 0.4) is 0 Å². The quantitative estimate of drug-likeness (QED) is 0.533. The topological polar surface area (TPSA) is 87.9 Å². The standard InChI is InChI=1S/C21H15ClFN5O2/c22-14-5-1-12(2-6-14)19-26-20(30-27-19)18-9-16-17(25-11-24-16)10-28(18)21(29)13-3-7-15(23)8-4-13/h1-8,11,18H,9-10H2,(H,24,25)/t18-/m0/s1. The van der Waals surface area contributed by atoms with Gasteiger partial charge in [0.15, 0.2) is 0 Å². The summed E-state index contributed by atoms with van der Waals surface area (Å²) in [5.74, 6) is 0.0568. The van der Waals surface area contributed by atoms with Crippen LogP contribution in [0.5, 0.6) is 0 Å². The van der Waals surface area contributed by atoms with Gasteiger partial charge >= 0.3 is 0 Å². The van der Waals surface area contributed by atoms with Gasteiger partial charge in [-0.2, -0.15) is 4.98 Å².